The molecule has 0 saturated carbocycles. The number of carbonyl (C=O) groups excluding carboxylic acids is 1. The fourth-order valence-electron chi connectivity index (χ4n) is 2.62. The van der Waals surface area contributed by atoms with E-state index in [1.165, 1.54) is 40.9 Å². The van der Waals surface area contributed by atoms with Gasteiger partial charge in [0.2, 0.25) is 0 Å². The maximum absolute atomic E-state index is 12.8. The normalized spacial score (nSPS) is 14.1. The molecular weight excluding hydrogens is 431 g/mol. The molecule has 11 heteroatoms. The van der Waals surface area contributed by atoms with Crippen LogP contribution < -0.4 is 0 Å². The van der Waals surface area contributed by atoms with Gasteiger partial charge in [0.1, 0.15) is 5.02 Å². The van der Waals surface area contributed by atoms with Gasteiger partial charge in [-0.05, 0) is 29.8 Å². The molecule has 2 aromatic carbocycles. The summed E-state index contributed by atoms with van der Waals surface area (Å²) in [6.07, 6.45) is -4.40. The number of alkyl halides is 3. The summed E-state index contributed by atoms with van der Waals surface area (Å²) in [4.78, 5) is 28.8. The number of nitro groups is 1. The van der Waals surface area contributed by atoms with Crippen molar-refractivity contribution in [2.45, 2.75) is 11.9 Å². The Morgan fingerprint density at radius 3 is 2.55 bits per heavy atom. The smallest absolute Gasteiger partial charge is 0.286 e. The van der Waals surface area contributed by atoms with E-state index in [4.69, 9.17) is 11.6 Å². The molecule has 0 radical (unpaired) electrons. The largest absolute Gasteiger partial charge is 0.416 e. The zero-order chi connectivity index (χ0) is 21.2. The SMILES string of the molecule is O=C(c1ccc(Cl)c([N+](=O)[O-])c1)N1CCN=C1SCc1ccc(C(F)(F)F)cc1. The first-order chi connectivity index (χ1) is 13.7. The number of thioether (sulfide) groups is 1. The van der Waals surface area contributed by atoms with E-state index in [0.717, 1.165) is 18.2 Å². The molecule has 0 bridgehead atoms. The van der Waals surface area contributed by atoms with Crippen molar-refractivity contribution in [1.82, 2.24) is 4.90 Å². The predicted octanol–water partition coefficient (Wildman–Crippen LogP) is 5.01. The highest BCUT2D eigenvalue weighted by atomic mass is 35.5. The minimum atomic E-state index is -4.40. The fraction of sp³-hybridized carbons (Fsp3) is 0.222. The molecule has 1 amide bonds. The van der Waals surface area contributed by atoms with Crippen LogP contribution >= 0.6 is 23.4 Å². The molecule has 29 heavy (non-hydrogen) atoms. The Hall–Kier alpha value is -2.59. The molecule has 3 rings (SSSR count). The van der Waals surface area contributed by atoms with Gasteiger partial charge in [0.25, 0.3) is 11.6 Å². The van der Waals surface area contributed by atoms with Crippen LogP contribution in [0.1, 0.15) is 21.5 Å². The van der Waals surface area contributed by atoms with Gasteiger partial charge in [-0.25, -0.2) is 0 Å². The number of hydrogen-bond donors (Lipinski definition) is 0. The van der Waals surface area contributed by atoms with Gasteiger partial charge in [-0.15, -0.1) is 0 Å². The topological polar surface area (TPSA) is 75.8 Å². The summed E-state index contributed by atoms with van der Waals surface area (Å²) in [5.41, 5.74) is -0.351. The number of nitrogens with zero attached hydrogens (tertiary/aromatic N) is 3. The lowest BCUT2D eigenvalue weighted by Gasteiger charge is -2.18. The summed E-state index contributed by atoms with van der Waals surface area (Å²) in [6.45, 7) is 0.682. The summed E-state index contributed by atoms with van der Waals surface area (Å²) in [5.74, 6) is -0.137. The molecule has 0 fully saturated rings. The first-order valence-corrected chi connectivity index (χ1v) is 9.62. The van der Waals surface area contributed by atoms with Crippen molar-refractivity contribution in [1.29, 1.82) is 0 Å². The molecule has 2 aromatic rings. The maximum Gasteiger partial charge on any atom is 0.416 e. The lowest BCUT2D eigenvalue weighted by Crippen LogP contribution is -2.32. The van der Waals surface area contributed by atoms with E-state index in [1.807, 2.05) is 0 Å². The number of amidine groups is 1. The van der Waals surface area contributed by atoms with E-state index < -0.39 is 22.6 Å². The standard InChI is InChI=1S/C18H13ClF3N3O3S/c19-14-6-3-12(9-15(14)25(27)28)16(26)24-8-7-23-17(24)29-10-11-1-4-13(5-2-11)18(20,21)22/h1-6,9H,7-8,10H2. The number of halogens is 4. The first kappa shape index (κ1) is 21.1. The van der Waals surface area contributed by atoms with E-state index in [2.05, 4.69) is 4.99 Å². The Kier molecular flexibility index (Phi) is 6.13. The lowest BCUT2D eigenvalue weighted by molar-refractivity contribution is -0.384. The summed E-state index contributed by atoms with van der Waals surface area (Å²) >= 11 is 6.99. The highest BCUT2D eigenvalue weighted by Crippen LogP contribution is 2.30. The second-order valence-electron chi connectivity index (χ2n) is 6.03. The fourth-order valence-corrected chi connectivity index (χ4v) is 3.81. The van der Waals surface area contributed by atoms with Crippen molar-refractivity contribution in [3.8, 4) is 0 Å². The van der Waals surface area contributed by atoms with Gasteiger partial charge >= 0.3 is 6.18 Å². The zero-order valence-corrected chi connectivity index (χ0v) is 16.2. The van der Waals surface area contributed by atoms with E-state index in [0.29, 0.717) is 29.6 Å². The molecule has 6 nitrogen and oxygen atoms in total. The summed E-state index contributed by atoms with van der Waals surface area (Å²) in [7, 11) is 0. The number of aliphatic imine (C=N–C) groups is 1. The molecule has 1 aliphatic rings. The van der Waals surface area contributed by atoms with Crippen LogP contribution in [0.2, 0.25) is 5.02 Å². The Morgan fingerprint density at radius 1 is 1.24 bits per heavy atom. The van der Waals surface area contributed by atoms with Crippen molar-refractivity contribution in [2.75, 3.05) is 13.1 Å². The van der Waals surface area contributed by atoms with Crippen LogP contribution in [0.3, 0.4) is 0 Å². The maximum atomic E-state index is 12.8. The van der Waals surface area contributed by atoms with Gasteiger partial charge in [0.15, 0.2) is 5.17 Å². The molecule has 0 aliphatic carbocycles. The van der Waals surface area contributed by atoms with Crippen molar-refractivity contribution in [3.63, 3.8) is 0 Å². The third-order valence-electron chi connectivity index (χ3n) is 4.09. The lowest BCUT2D eigenvalue weighted by atomic mass is 10.1. The molecule has 1 heterocycles. The van der Waals surface area contributed by atoms with E-state index >= 15 is 0 Å². The van der Waals surface area contributed by atoms with Crippen molar-refractivity contribution < 1.29 is 22.9 Å². The minimum absolute atomic E-state index is 0.0708. The van der Waals surface area contributed by atoms with Gasteiger partial charge in [-0.2, -0.15) is 13.2 Å². The third kappa shape index (κ3) is 4.88. The Balaban J connectivity index is 1.69. The summed E-state index contributed by atoms with van der Waals surface area (Å²) in [5, 5.41) is 11.4. The van der Waals surface area contributed by atoms with Gasteiger partial charge in [-0.1, -0.05) is 35.5 Å². The molecule has 0 N–H and O–H groups in total. The molecule has 152 valence electrons. The third-order valence-corrected chi connectivity index (χ3v) is 5.49. The molecule has 0 atom stereocenters. The zero-order valence-electron chi connectivity index (χ0n) is 14.6. The average Bonchev–Trinajstić information content (AvgIpc) is 3.14. The van der Waals surface area contributed by atoms with Crippen LogP contribution in [0.5, 0.6) is 0 Å². The number of carbonyl (C=O) groups is 1. The first-order valence-electron chi connectivity index (χ1n) is 8.26. The Labute approximate surface area is 172 Å². The highest BCUT2D eigenvalue weighted by molar-refractivity contribution is 8.13. The number of rotatable bonds is 4. The predicted molar refractivity (Wildman–Crippen MR) is 104 cm³/mol. The molecule has 0 saturated heterocycles. The average molecular weight is 444 g/mol. The number of amides is 1. The van der Waals surface area contributed by atoms with Crippen LogP contribution in [-0.2, 0) is 11.9 Å². The van der Waals surface area contributed by atoms with Crippen molar-refractivity contribution in [2.24, 2.45) is 4.99 Å². The van der Waals surface area contributed by atoms with Gasteiger partial charge in [-0.3, -0.25) is 24.8 Å². The number of nitro benzene ring substituents is 1. The van der Waals surface area contributed by atoms with Crippen LogP contribution in [0.15, 0.2) is 47.5 Å². The Bertz CT molecular complexity index is 981. The van der Waals surface area contributed by atoms with Crippen molar-refractivity contribution in [3.05, 3.63) is 74.3 Å². The quantitative estimate of drug-likeness (QED) is 0.491. The molecule has 0 spiro atoms. The van der Waals surface area contributed by atoms with Crippen molar-refractivity contribution >= 4 is 40.1 Å². The van der Waals surface area contributed by atoms with Crippen LogP contribution in [0.4, 0.5) is 18.9 Å². The second kappa shape index (κ2) is 8.42. The van der Waals surface area contributed by atoms with E-state index in [1.54, 1.807) is 0 Å². The van der Waals surface area contributed by atoms with Gasteiger partial charge < -0.3 is 0 Å². The number of benzene rings is 2. The molecule has 0 aromatic heterocycles. The van der Waals surface area contributed by atoms with Crippen LogP contribution in [0.25, 0.3) is 0 Å². The summed E-state index contributed by atoms with van der Waals surface area (Å²) < 4.78 is 37.9. The molecule has 1 aliphatic heterocycles. The van der Waals surface area contributed by atoms with Crippen LogP contribution in [0, 0.1) is 10.1 Å². The second-order valence-corrected chi connectivity index (χ2v) is 7.38. The minimum Gasteiger partial charge on any atom is -0.286 e. The molecule has 0 unspecified atom stereocenters. The van der Waals surface area contributed by atoms with Gasteiger partial charge in [0.05, 0.1) is 17.0 Å². The highest BCUT2D eigenvalue weighted by Gasteiger charge is 2.30. The Morgan fingerprint density at radius 2 is 1.93 bits per heavy atom. The molecular formula is C18H13ClF3N3O3S. The van der Waals surface area contributed by atoms with Crippen LogP contribution in [-0.4, -0.2) is 34.0 Å². The number of hydrogen-bond acceptors (Lipinski definition) is 5. The summed E-state index contributed by atoms with van der Waals surface area (Å²) in [6, 6.07) is 8.55. The monoisotopic (exact) mass is 443 g/mol. The van der Waals surface area contributed by atoms with E-state index in [9.17, 15) is 28.1 Å². The van der Waals surface area contributed by atoms with Gasteiger partial charge in [0, 0.05) is 23.9 Å². The van der Waals surface area contributed by atoms with E-state index in [-0.39, 0.29) is 16.3 Å².